The average Bonchev–Trinajstić information content (AvgIpc) is 2.37. The summed E-state index contributed by atoms with van der Waals surface area (Å²) in [5.74, 6) is -0.518. The van der Waals surface area contributed by atoms with E-state index in [4.69, 9.17) is 10.5 Å². The minimum atomic E-state index is -3.85. The Bertz CT molecular complexity index is 601. The number of fused-ring (bicyclic) bond motifs is 1. The summed E-state index contributed by atoms with van der Waals surface area (Å²) in [7, 11) is -3.85. The third kappa shape index (κ3) is 2.78. The van der Waals surface area contributed by atoms with Crippen LogP contribution in [0, 0.1) is 5.82 Å². The minimum absolute atomic E-state index is 0.0552. The number of benzene rings is 1. The van der Waals surface area contributed by atoms with Crippen LogP contribution >= 0.6 is 0 Å². The molecule has 0 spiro atoms. The molecule has 0 bridgehead atoms. The minimum Gasteiger partial charge on any atom is -0.492 e. The lowest BCUT2D eigenvalue weighted by molar-refractivity contribution is 0.260. The van der Waals surface area contributed by atoms with Gasteiger partial charge in [-0.15, -0.1) is 6.58 Å². The monoisotopic (exact) mass is 286 g/mol. The molecule has 19 heavy (non-hydrogen) atoms. The number of ether oxygens (including phenoxy) is 1. The summed E-state index contributed by atoms with van der Waals surface area (Å²) in [5, 5.41) is 0. The van der Waals surface area contributed by atoms with E-state index >= 15 is 0 Å². The van der Waals surface area contributed by atoms with Crippen LogP contribution in [0.2, 0.25) is 0 Å². The molecule has 0 saturated heterocycles. The molecule has 1 aliphatic heterocycles. The second-order valence-corrected chi connectivity index (χ2v) is 5.94. The number of sulfonamides is 1. The zero-order valence-electron chi connectivity index (χ0n) is 10.2. The van der Waals surface area contributed by atoms with Crippen molar-refractivity contribution in [1.82, 2.24) is 4.72 Å². The van der Waals surface area contributed by atoms with Gasteiger partial charge in [0.15, 0.2) is 0 Å². The van der Waals surface area contributed by atoms with E-state index in [-0.39, 0.29) is 17.2 Å². The molecular formula is C12H15FN2O3S. The summed E-state index contributed by atoms with van der Waals surface area (Å²) < 4.78 is 45.3. The highest BCUT2D eigenvalue weighted by atomic mass is 32.2. The van der Waals surface area contributed by atoms with Gasteiger partial charge in [0.2, 0.25) is 10.0 Å². The quantitative estimate of drug-likeness (QED) is 0.811. The van der Waals surface area contributed by atoms with Gasteiger partial charge in [-0.1, -0.05) is 6.08 Å². The Hall–Kier alpha value is -1.44. The van der Waals surface area contributed by atoms with E-state index in [2.05, 4.69) is 11.3 Å². The maximum Gasteiger partial charge on any atom is 0.244 e. The molecule has 5 nitrogen and oxygen atoms in total. The van der Waals surface area contributed by atoms with Crippen molar-refractivity contribution in [1.29, 1.82) is 0 Å². The summed E-state index contributed by atoms with van der Waals surface area (Å²) >= 11 is 0. The van der Waals surface area contributed by atoms with E-state index in [0.717, 1.165) is 6.07 Å². The van der Waals surface area contributed by atoms with E-state index < -0.39 is 21.9 Å². The molecule has 1 atom stereocenters. The van der Waals surface area contributed by atoms with Crippen molar-refractivity contribution in [2.75, 3.05) is 13.2 Å². The van der Waals surface area contributed by atoms with Gasteiger partial charge in [-0.05, 0) is 12.1 Å². The third-order valence-corrected chi connectivity index (χ3v) is 4.26. The number of nitrogens with one attached hydrogen (secondary N) is 1. The number of hydrogen-bond donors (Lipinski definition) is 2. The first-order valence-corrected chi connectivity index (χ1v) is 7.26. The maximum absolute atomic E-state index is 13.6. The fraction of sp³-hybridized carbons (Fsp3) is 0.333. The molecule has 1 aromatic carbocycles. The number of rotatable bonds is 4. The number of nitrogens with two attached hydrogens (primary N) is 1. The summed E-state index contributed by atoms with van der Waals surface area (Å²) in [5.41, 5.74) is 6.23. The fourth-order valence-electron chi connectivity index (χ4n) is 1.91. The van der Waals surface area contributed by atoms with Gasteiger partial charge < -0.3 is 10.5 Å². The van der Waals surface area contributed by atoms with Gasteiger partial charge in [-0.25, -0.2) is 17.5 Å². The Morgan fingerprint density at radius 1 is 1.58 bits per heavy atom. The normalized spacial score (nSPS) is 18.5. The molecule has 1 aliphatic rings. The topological polar surface area (TPSA) is 81.4 Å². The Labute approximate surface area is 111 Å². The number of hydrogen-bond acceptors (Lipinski definition) is 4. The third-order valence-electron chi connectivity index (χ3n) is 2.83. The van der Waals surface area contributed by atoms with Crippen LogP contribution in [-0.4, -0.2) is 21.6 Å². The van der Waals surface area contributed by atoms with E-state index in [1.807, 2.05) is 0 Å². The Morgan fingerprint density at radius 3 is 3.00 bits per heavy atom. The van der Waals surface area contributed by atoms with Gasteiger partial charge in [0.25, 0.3) is 0 Å². The Morgan fingerprint density at radius 2 is 2.32 bits per heavy atom. The molecule has 0 aliphatic carbocycles. The SMILES string of the molecule is C=CCNS(=O)(=O)c1cc(F)cc2c1OCCC2N. The zero-order valence-corrected chi connectivity index (χ0v) is 11.0. The van der Waals surface area contributed by atoms with Crippen molar-refractivity contribution < 1.29 is 17.5 Å². The summed E-state index contributed by atoms with van der Waals surface area (Å²) in [6, 6.07) is 1.72. The second kappa shape index (κ2) is 5.28. The van der Waals surface area contributed by atoms with Crippen LogP contribution in [0.1, 0.15) is 18.0 Å². The first kappa shape index (κ1) is 14.0. The lowest BCUT2D eigenvalue weighted by Gasteiger charge is -2.25. The van der Waals surface area contributed by atoms with Crippen LogP contribution < -0.4 is 15.2 Å². The maximum atomic E-state index is 13.6. The van der Waals surface area contributed by atoms with Crippen molar-refractivity contribution >= 4 is 10.0 Å². The molecule has 0 amide bonds. The number of halogens is 1. The lowest BCUT2D eigenvalue weighted by atomic mass is 10.0. The molecule has 3 N–H and O–H groups in total. The molecule has 0 fully saturated rings. The average molecular weight is 286 g/mol. The smallest absolute Gasteiger partial charge is 0.244 e. The van der Waals surface area contributed by atoms with Crippen LogP contribution in [0.5, 0.6) is 5.75 Å². The fourth-order valence-corrected chi connectivity index (χ4v) is 3.09. The van der Waals surface area contributed by atoms with Crippen LogP contribution in [0.4, 0.5) is 4.39 Å². The van der Waals surface area contributed by atoms with Crippen molar-refractivity contribution in [3.8, 4) is 5.75 Å². The van der Waals surface area contributed by atoms with Gasteiger partial charge in [-0.2, -0.15) is 0 Å². The standard InChI is InChI=1S/C12H15FN2O3S/c1-2-4-15-19(16,17)11-7-8(13)6-9-10(14)3-5-18-12(9)11/h2,6-7,10,15H,1,3-5,14H2. The Kier molecular flexibility index (Phi) is 3.88. The summed E-state index contributed by atoms with van der Waals surface area (Å²) in [6.07, 6.45) is 1.92. The van der Waals surface area contributed by atoms with Crippen LogP contribution in [0.25, 0.3) is 0 Å². The van der Waals surface area contributed by atoms with Crippen LogP contribution in [0.3, 0.4) is 0 Å². The predicted molar refractivity (Wildman–Crippen MR) is 68.8 cm³/mol. The van der Waals surface area contributed by atoms with E-state index in [1.165, 1.54) is 12.1 Å². The first-order valence-electron chi connectivity index (χ1n) is 5.78. The van der Waals surface area contributed by atoms with E-state index in [9.17, 15) is 12.8 Å². The highest BCUT2D eigenvalue weighted by Crippen LogP contribution is 2.36. The molecular weight excluding hydrogens is 271 g/mol. The van der Waals surface area contributed by atoms with Gasteiger partial charge in [0.1, 0.15) is 16.5 Å². The van der Waals surface area contributed by atoms with Crippen molar-refractivity contribution in [3.63, 3.8) is 0 Å². The van der Waals surface area contributed by atoms with Crippen molar-refractivity contribution in [2.24, 2.45) is 5.73 Å². The van der Waals surface area contributed by atoms with Crippen LogP contribution in [0.15, 0.2) is 29.7 Å². The van der Waals surface area contributed by atoms with E-state index in [1.54, 1.807) is 0 Å². The Balaban J connectivity index is 2.54. The molecule has 104 valence electrons. The van der Waals surface area contributed by atoms with Gasteiger partial charge in [-0.3, -0.25) is 0 Å². The molecule has 1 heterocycles. The molecule has 0 saturated carbocycles. The molecule has 1 unspecified atom stereocenters. The summed E-state index contributed by atoms with van der Waals surface area (Å²) in [4.78, 5) is -0.223. The molecule has 0 aromatic heterocycles. The van der Waals surface area contributed by atoms with Crippen LogP contribution in [-0.2, 0) is 10.0 Å². The molecule has 1 aromatic rings. The molecule has 2 rings (SSSR count). The predicted octanol–water partition coefficient (Wildman–Crippen LogP) is 1.07. The largest absolute Gasteiger partial charge is 0.492 e. The zero-order chi connectivity index (χ0) is 14.0. The molecule has 0 radical (unpaired) electrons. The van der Waals surface area contributed by atoms with Gasteiger partial charge in [0.05, 0.1) is 6.61 Å². The lowest BCUT2D eigenvalue weighted by Crippen LogP contribution is -2.27. The van der Waals surface area contributed by atoms with Gasteiger partial charge in [0, 0.05) is 24.6 Å². The highest BCUT2D eigenvalue weighted by molar-refractivity contribution is 7.89. The second-order valence-electron chi connectivity index (χ2n) is 4.21. The van der Waals surface area contributed by atoms with E-state index in [0.29, 0.717) is 18.6 Å². The van der Waals surface area contributed by atoms with Crippen molar-refractivity contribution in [3.05, 3.63) is 36.2 Å². The first-order chi connectivity index (χ1) is 8.95. The summed E-state index contributed by atoms with van der Waals surface area (Å²) in [6.45, 7) is 3.79. The molecule has 7 heteroatoms. The highest BCUT2D eigenvalue weighted by Gasteiger charge is 2.28. The van der Waals surface area contributed by atoms with Gasteiger partial charge >= 0.3 is 0 Å². The van der Waals surface area contributed by atoms with Crippen molar-refractivity contribution in [2.45, 2.75) is 17.4 Å².